The molecule has 1 N–H and O–H groups in total. The second-order valence-corrected chi connectivity index (χ2v) is 8.95. The van der Waals surface area contributed by atoms with Gasteiger partial charge in [0, 0.05) is 23.9 Å². The summed E-state index contributed by atoms with van der Waals surface area (Å²) in [7, 11) is -3.89. The Morgan fingerprint density at radius 2 is 2.12 bits per heavy atom. The maximum absolute atomic E-state index is 12.2. The third-order valence-electron chi connectivity index (χ3n) is 4.54. The third kappa shape index (κ3) is 3.68. The first kappa shape index (κ1) is 19.8. The van der Waals surface area contributed by atoms with Crippen LogP contribution in [-0.4, -0.2) is 49.2 Å². The van der Waals surface area contributed by atoms with Crippen LogP contribution in [0.15, 0.2) is 18.2 Å². The molecule has 1 aliphatic rings. The third-order valence-corrected chi connectivity index (χ3v) is 6.52. The summed E-state index contributed by atoms with van der Waals surface area (Å²) >= 11 is 0. The van der Waals surface area contributed by atoms with Gasteiger partial charge in [-0.25, -0.2) is 13.2 Å². The number of carboxylic acids is 1. The van der Waals surface area contributed by atoms with Crippen LogP contribution < -0.4 is 4.90 Å². The standard InChI is InChI=1S/C18H21NO6S/c1-5-6-13-7-8-14(9-12(13)2)19-11-15(25-17(19)22)10-18(3,16(20)21)26(4,23)24/h7-9,15H,10-11H2,1-4H3,(H,20,21)/t15-,18?/m0/s1. The van der Waals surface area contributed by atoms with Crippen LogP contribution in [-0.2, 0) is 19.4 Å². The first-order valence-corrected chi connectivity index (χ1v) is 9.83. The van der Waals surface area contributed by atoms with E-state index in [0.29, 0.717) is 5.69 Å². The molecule has 0 radical (unpaired) electrons. The van der Waals surface area contributed by atoms with Crippen molar-refractivity contribution >= 4 is 27.6 Å². The fraction of sp³-hybridized carbons (Fsp3) is 0.444. The molecule has 2 atom stereocenters. The molecule has 26 heavy (non-hydrogen) atoms. The van der Waals surface area contributed by atoms with Crippen LogP contribution in [0.5, 0.6) is 0 Å². The van der Waals surface area contributed by atoms with Crippen LogP contribution in [0.4, 0.5) is 10.5 Å². The number of sulfone groups is 1. The van der Waals surface area contributed by atoms with Gasteiger partial charge in [0.2, 0.25) is 0 Å². The molecular weight excluding hydrogens is 358 g/mol. The molecule has 1 aromatic carbocycles. The van der Waals surface area contributed by atoms with E-state index >= 15 is 0 Å². The van der Waals surface area contributed by atoms with Gasteiger partial charge in [0.05, 0.1) is 6.54 Å². The van der Waals surface area contributed by atoms with Gasteiger partial charge in [0.25, 0.3) is 0 Å². The molecule has 0 saturated carbocycles. The van der Waals surface area contributed by atoms with Crippen molar-refractivity contribution in [3.8, 4) is 11.8 Å². The summed E-state index contributed by atoms with van der Waals surface area (Å²) in [6.07, 6.45) is -0.924. The lowest BCUT2D eigenvalue weighted by Crippen LogP contribution is -2.46. The molecule has 1 unspecified atom stereocenters. The van der Waals surface area contributed by atoms with Crippen LogP contribution >= 0.6 is 0 Å². The summed E-state index contributed by atoms with van der Waals surface area (Å²) in [6.45, 7) is 4.81. The Bertz CT molecular complexity index is 911. The lowest BCUT2D eigenvalue weighted by atomic mass is 10.0. The van der Waals surface area contributed by atoms with E-state index in [9.17, 15) is 23.1 Å². The number of hydrogen-bond acceptors (Lipinski definition) is 5. The predicted octanol–water partition coefficient (Wildman–Crippen LogP) is 1.97. The second kappa shape index (κ2) is 7.00. The molecule has 7 nitrogen and oxygen atoms in total. The van der Waals surface area contributed by atoms with Crippen LogP contribution in [0.3, 0.4) is 0 Å². The predicted molar refractivity (Wildman–Crippen MR) is 96.8 cm³/mol. The van der Waals surface area contributed by atoms with E-state index in [4.69, 9.17) is 4.74 Å². The molecule has 0 aliphatic carbocycles. The average molecular weight is 379 g/mol. The molecule has 0 bridgehead atoms. The van der Waals surface area contributed by atoms with Crippen LogP contribution in [0, 0.1) is 18.8 Å². The highest BCUT2D eigenvalue weighted by molar-refractivity contribution is 7.92. The molecule has 1 aliphatic heterocycles. The number of aryl methyl sites for hydroxylation is 1. The monoisotopic (exact) mass is 379 g/mol. The minimum atomic E-state index is -3.89. The van der Waals surface area contributed by atoms with Crippen molar-refractivity contribution in [2.24, 2.45) is 0 Å². The molecule has 0 spiro atoms. The van der Waals surface area contributed by atoms with E-state index in [0.717, 1.165) is 24.3 Å². The van der Waals surface area contributed by atoms with Crippen molar-refractivity contribution < 1.29 is 27.9 Å². The van der Waals surface area contributed by atoms with Crippen molar-refractivity contribution in [3.05, 3.63) is 29.3 Å². The number of amides is 1. The van der Waals surface area contributed by atoms with Gasteiger partial charge in [0.15, 0.2) is 14.6 Å². The quantitative estimate of drug-likeness (QED) is 0.785. The van der Waals surface area contributed by atoms with E-state index in [1.54, 1.807) is 25.1 Å². The van der Waals surface area contributed by atoms with Crippen LogP contribution in [0.25, 0.3) is 0 Å². The Hall–Kier alpha value is -2.53. The Labute approximate surface area is 152 Å². The van der Waals surface area contributed by atoms with Gasteiger partial charge in [0.1, 0.15) is 6.10 Å². The fourth-order valence-electron chi connectivity index (χ4n) is 2.76. The first-order valence-electron chi connectivity index (χ1n) is 7.94. The highest BCUT2D eigenvalue weighted by atomic mass is 32.2. The topological polar surface area (TPSA) is 101 Å². The van der Waals surface area contributed by atoms with Gasteiger partial charge in [-0.15, -0.1) is 5.92 Å². The van der Waals surface area contributed by atoms with Crippen LogP contribution in [0.1, 0.15) is 31.4 Å². The van der Waals surface area contributed by atoms with Gasteiger partial charge < -0.3 is 9.84 Å². The van der Waals surface area contributed by atoms with E-state index in [-0.39, 0.29) is 13.0 Å². The summed E-state index contributed by atoms with van der Waals surface area (Å²) in [5, 5.41) is 9.35. The number of aliphatic carboxylic acids is 1. The average Bonchev–Trinajstić information content (AvgIpc) is 2.88. The number of carbonyl (C=O) groups excluding carboxylic acids is 1. The Morgan fingerprint density at radius 1 is 1.46 bits per heavy atom. The lowest BCUT2D eigenvalue weighted by molar-refractivity contribution is -0.140. The molecule has 140 valence electrons. The zero-order chi connectivity index (χ0) is 19.7. The number of ether oxygens (including phenoxy) is 1. The summed E-state index contributed by atoms with van der Waals surface area (Å²) in [6, 6.07) is 5.30. The molecule has 1 fully saturated rings. The Morgan fingerprint density at radius 3 is 2.62 bits per heavy atom. The van der Waals surface area contributed by atoms with Gasteiger partial charge in [-0.1, -0.05) is 5.92 Å². The van der Waals surface area contributed by atoms with Gasteiger partial charge in [-0.05, 0) is 44.5 Å². The van der Waals surface area contributed by atoms with Gasteiger partial charge in [-0.3, -0.25) is 9.69 Å². The number of nitrogens with zero attached hydrogens (tertiary/aromatic N) is 1. The molecule has 1 heterocycles. The molecule has 1 saturated heterocycles. The normalized spacial score (nSPS) is 19.3. The van der Waals surface area contributed by atoms with Crippen molar-refractivity contribution in [1.29, 1.82) is 0 Å². The van der Waals surface area contributed by atoms with Crippen molar-refractivity contribution in [3.63, 3.8) is 0 Å². The Kier molecular flexibility index (Phi) is 5.33. The zero-order valence-corrected chi connectivity index (χ0v) is 15.9. The minimum absolute atomic E-state index is 0.0788. The summed E-state index contributed by atoms with van der Waals surface area (Å²) in [5.74, 6) is 4.30. The number of benzene rings is 1. The molecule has 1 amide bonds. The molecular formula is C18H21NO6S. The molecule has 1 aromatic rings. The number of hydrogen-bond donors (Lipinski definition) is 1. The summed E-state index contributed by atoms with van der Waals surface area (Å²) < 4.78 is 27.0. The van der Waals surface area contributed by atoms with Gasteiger partial charge >= 0.3 is 12.1 Å². The highest BCUT2D eigenvalue weighted by Gasteiger charge is 2.48. The van der Waals surface area contributed by atoms with E-state index in [2.05, 4.69) is 11.8 Å². The molecule has 8 heteroatoms. The van der Waals surface area contributed by atoms with E-state index in [1.165, 1.54) is 4.90 Å². The maximum atomic E-state index is 12.2. The molecule has 2 rings (SSSR count). The lowest BCUT2D eigenvalue weighted by Gasteiger charge is -2.24. The summed E-state index contributed by atoms with van der Waals surface area (Å²) in [4.78, 5) is 25.0. The van der Waals surface area contributed by atoms with E-state index in [1.807, 2.05) is 6.92 Å². The Balaban J connectivity index is 2.24. The van der Waals surface area contributed by atoms with Gasteiger partial charge in [-0.2, -0.15) is 0 Å². The largest absolute Gasteiger partial charge is 0.480 e. The first-order chi connectivity index (χ1) is 12.0. The highest BCUT2D eigenvalue weighted by Crippen LogP contribution is 2.30. The number of rotatable bonds is 5. The smallest absolute Gasteiger partial charge is 0.414 e. The van der Waals surface area contributed by atoms with Crippen molar-refractivity contribution in [2.75, 3.05) is 17.7 Å². The number of anilines is 1. The second-order valence-electron chi connectivity index (χ2n) is 6.50. The van der Waals surface area contributed by atoms with E-state index < -0.39 is 32.8 Å². The number of cyclic esters (lactones) is 1. The maximum Gasteiger partial charge on any atom is 0.414 e. The van der Waals surface area contributed by atoms with Crippen LogP contribution in [0.2, 0.25) is 0 Å². The number of carbonyl (C=O) groups is 2. The zero-order valence-electron chi connectivity index (χ0n) is 15.1. The SMILES string of the molecule is CC#Cc1ccc(N2C[C@H](CC(C)(C(=O)O)S(C)(=O)=O)OC2=O)cc1C. The fourth-order valence-corrected chi connectivity index (χ4v) is 3.57. The van der Waals surface area contributed by atoms with Crippen molar-refractivity contribution in [2.45, 2.75) is 38.0 Å². The summed E-state index contributed by atoms with van der Waals surface area (Å²) in [5.41, 5.74) is 2.32. The molecule has 0 aromatic heterocycles. The number of carboxylic acid groups (broad SMARTS) is 1. The minimum Gasteiger partial charge on any atom is -0.480 e. The van der Waals surface area contributed by atoms with Crippen molar-refractivity contribution in [1.82, 2.24) is 0 Å².